The Labute approximate surface area is 212 Å². The van der Waals surface area contributed by atoms with E-state index in [4.69, 9.17) is 9.47 Å². The summed E-state index contributed by atoms with van der Waals surface area (Å²) >= 11 is 0. The van der Waals surface area contributed by atoms with Crippen molar-refractivity contribution in [2.24, 2.45) is 0 Å². The number of phenols is 1. The molecule has 0 aromatic heterocycles. The minimum absolute atomic E-state index is 0.00201. The molecule has 0 saturated carbocycles. The molecule has 4 aromatic rings. The fourth-order valence-electron chi connectivity index (χ4n) is 3.55. The molecule has 0 aliphatic carbocycles. The van der Waals surface area contributed by atoms with Crippen LogP contribution in [-0.4, -0.2) is 10.9 Å². The van der Waals surface area contributed by atoms with Gasteiger partial charge in [-0.25, -0.2) is 0 Å². The van der Waals surface area contributed by atoms with Crippen LogP contribution in [0.2, 0.25) is 0 Å². The smallest absolute Gasteiger partial charge is 0.419 e. The maximum absolute atomic E-state index is 13.7. The first-order valence-electron chi connectivity index (χ1n) is 11.4. The summed E-state index contributed by atoms with van der Waals surface area (Å²) in [5.41, 5.74) is 0.902. The number of alkyl halides is 3. The van der Waals surface area contributed by atoms with Crippen LogP contribution in [0.5, 0.6) is 17.2 Å². The predicted molar refractivity (Wildman–Crippen MR) is 134 cm³/mol. The largest absolute Gasteiger partial charge is 0.507 e. The van der Waals surface area contributed by atoms with Crippen LogP contribution in [0.15, 0.2) is 103 Å². The van der Waals surface area contributed by atoms with Gasteiger partial charge in [0.15, 0.2) is 5.78 Å². The Balaban J connectivity index is 1.45. The monoisotopic (exact) mass is 504 g/mol. The van der Waals surface area contributed by atoms with E-state index in [2.05, 4.69) is 0 Å². The van der Waals surface area contributed by atoms with Crippen molar-refractivity contribution in [1.82, 2.24) is 0 Å². The van der Waals surface area contributed by atoms with E-state index in [-0.39, 0.29) is 29.2 Å². The highest BCUT2D eigenvalue weighted by Crippen LogP contribution is 2.37. The maximum Gasteiger partial charge on any atom is 0.419 e. The van der Waals surface area contributed by atoms with Crippen LogP contribution in [0.3, 0.4) is 0 Å². The van der Waals surface area contributed by atoms with Crippen LogP contribution in [0, 0.1) is 0 Å². The predicted octanol–water partition coefficient (Wildman–Crippen LogP) is 7.47. The number of hydrogen-bond acceptors (Lipinski definition) is 4. The molecule has 0 radical (unpaired) electrons. The Morgan fingerprint density at radius 3 is 2.00 bits per heavy atom. The number of carbonyl (C=O) groups is 1. The average Bonchev–Trinajstić information content (AvgIpc) is 2.90. The lowest BCUT2D eigenvalue weighted by molar-refractivity contribution is -0.139. The Morgan fingerprint density at radius 2 is 1.41 bits per heavy atom. The van der Waals surface area contributed by atoms with Gasteiger partial charge in [0.2, 0.25) is 0 Å². The number of allylic oxidation sites excluding steroid dienone is 1. The van der Waals surface area contributed by atoms with E-state index >= 15 is 0 Å². The molecule has 1 N–H and O–H groups in total. The van der Waals surface area contributed by atoms with Crippen LogP contribution in [0.1, 0.15) is 32.6 Å². The average molecular weight is 505 g/mol. The van der Waals surface area contributed by atoms with Crippen molar-refractivity contribution in [2.45, 2.75) is 19.4 Å². The highest BCUT2D eigenvalue weighted by molar-refractivity contribution is 6.08. The summed E-state index contributed by atoms with van der Waals surface area (Å²) in [5.74, 6) is -0.780. The van der Waals surface area contributed by atoms with E-state index in [0.29, 0.717) is 12.4 Å². The van der Waals surface area contributed by atoms with E-state index in [1.165, 1.54) is 30.3 Å². The van der Waals surface area contributed by atoms with Gasteiger partial charge in [0.1, 0.15) is 30.5 Å². The van der Waals surface area contributed by atoms with E-state index in [1.807, 2.05) is 30.3 Å². The molecule has 37 heavy (non-hydrogen) atoms. The van der Waals surface area contributed by atoms with Gasteiger partial charge >= 0.3 is 6.18 Å². The Kier molecular flexibility index (Phi) is 7.93. The quantitative estimate of drug-likeness (QED) is 0.190. The number of ketones is 1. The van der Waals surface area contributed by atoms with Crippen LogP contribution >= 0.6 is 0 Å². The SMILES string of the molecule is O=C(/C=C/c1ccc(OCc2ccccc2)c(C(F)(F)F)c1)c1ccc(OCc2ccccc2)cc1O. The topological polar surface area (TPSA) is 55.8 Å². The Bertz CT molecular complexity index is 1380. The van der Waals surface area contributed by atoms with E-state index in [0.717, 1.165) is 23.3 Å². The fraction of sp³-hybridized carbons (Fsp3) is 0.100. The van der Waals surface area contributed by atoms with Gasteiger partial charge in [-0.2, -0.15) is 13.2 Å². The zero-order chi connectivity index (χ0) is 26.3. The maximum atomic E-state index is 13.7. The minimum Gasteiger partial charge on any atom is -0.507 e. The molecular formula is C30H23F3O4. The molecule has 188 valence electrons. The standard InChI is InChI=1S/C30H23F3O4/c31-30(32,33)26-17-21(12-16-29(26)37-20-23-9-5-2-6-10-23)11-15-27(34)25-14-13-24(18-28(25)35)36-19-22-7-3-1-4-8-22/h1-18,35H,19-20H2/b15-11+. The molecule has 4 nitrogen and oxygen atoms in total. The van der Waals surface area contributed by atoms with Crippen LogP contribution in [-0.2, 0) is 19.4 Å². The van der Waals surface area contributed by atoms with Crippen molar-refractivity contribution in [3.8, 4) is 17.2 Å². The van der Waals surface area contributed by atoms with Gasteiger partial charge in [-0.1, -0.05) is 72.8 Å². The highest BCUT2D eigenvalue weighted by Gasteiger charge is 2.34. The highest BCUT2D eigenvalue weighted by atomic mass is 19.4. The molecule has 0 spiro atoms. The summed E-state index contributed by atoms with van der Waals surface area (Å²) < 4.78 is 52.0. The number of benzene rings is 4. The normalized spacial score (nSPS) is 11.4. The van der Waals surface area contributed by atoms with E-state index < -0.39 is 17.5 Å². The number of carbonyl (C=O) groups excluding carboxylic acids is 1. The number of aromatic hydroxyl groups is 1. The van der Waals surface area contributed by atoms with Gasteiger partial charge in [-0.3, -0.25) is 4.79 Å². The summed E-state index contributed by atoms with van der Waals surface area (Å²) in [7, 11) is 0. The first-order chi connectivity index (χ1) is 17.8. The summed E-state index contributed by atoms with van der Waals surface area (Å²) in [4.78, 5) is 12.6. The molecule has 0 bridgehead atoms. The van der Waals surface area contributed by atoms with Crippen LogP contribution in [0.4, 0.5) is 13.2 Å². The molecule has 0 aliphatic rings. The molecule has 0 unspecified atom stereocenters. The minimum atomic E-state index is -4.65. The number of ether oxygens (including phenoxy) is 2. The molecule has 4 aromatic carbocycles. The summed E-state index contributed by atoms with van der Waals surface area (Å²) in [5, 5.41) is 10.3. The van der Waals surface area contributed by atoms with Gasteiger partial charge in [0, 0.05) is 6.07 Å². The lowest BCUT2D eigenvalue weighted by atomic mass is 10.1. The fourth-order valence-corrected chi connectivity index (χ4v) is 3.55. The molecule has 7 heteroatoms. The van der Waals surface area contributed by atoms with Gasteiger partial charge < -0.3 is 14.6 Å². The Morgan fingerprint density at radius 1 is 0.784 bits per heavy atom. The van der Waals surface area contributed by atoms with Gasteiger partial charge in [0.05, 0.1) is 11.1 Å². The molecule has 0 atom stereocenters. The van der Waals surface area contributed by atoms with Crippen LogP contribution < -0.4 is 9.47 Å². The number of rotatable bonds is 9. The number of hydrogen-bond donors (Lipinski definition) is 1. The van der Waals surface area contributed by atoms with Crippen molar-refractivity contribution in [3.05, 3.63) is 131 Å². The van der Waals surface area contributed by atoms with Crippen molar-refractivity contribution in [3.63, 3.8) is 0 Å². The zero-order valence-electron chi connectivity index (χ0n) is 19.6. The van der Waals surface area contributed by atoms with E-state index in [9.17, 15) is 23.1 Å². The van der Waals surface area contributed by atoms with Gasteiger partial charge in [-0.05, 0) is 47.0 Å². The third kappa shape index (κ3) is 7.01. The van der Waals surface area contributed by atoms with E-state index in [1.54, 1.807) is 36.4 Å². The second-order valence-electron chi connectivity index (χ2n) is 8.18. The molecule has 0 aliphatic heterocycles. The second kappa shape index (κ2) is 11.5. The first kappa shape index (κ1) is 25.6. The first-order valence-corrected chi connectivity index (χ1v) is 11.4. The molecule has 0 amide bonds. The van der Waals surface area contributed by atoms with Gasteiger partial charge in [0.25, 0.3) is 0 Å². The van der Waals surface area contributed by atoms with Crippen molar-refractivity contribution >= 4 is 11.9 Å². The van der Waals surface area contributed by atoms with Gasteiger partial charge in [-0.15, -0.1) is 0 Å². The number of halogens is 3. The molecular weight excluding hydrogens is 481 g/mol. The molecule has 4 rings (SSSR count). The lowest BCUT2D eigenvalue weighted by Gasteiger charge is -2.15. The lowest BCUT2D eigenvalue weighted by Crippen LogP contribution is -2.09. The summed E-state index contributed by atoms with van der Waals surface area (Å²) in [6, 6.07) is 26.2. The van der Waals surface area contributed by atoms with Crippen LogP contribution in [0.25, 0.3) is 6.08 Å². The number of phenolic OH excluding ortho intramolecular Hbond substituents is 1. The molecule has 0 saturated heterocycles. The summed E-state index contributed by atoms with van der Waals surface area (Å²) in [6.07, 6.45) is -2.27. The Hall–Kier alpha value is -4.52. The van der Waals surface area contributed by atoms with Crippen molar-refractivity contribution in [2.75, 3.05) is 0 Å². The second-order valence-corrected chi connectivity index (χ2v) is 8.18. The summed E-state index contributed by atoms with van der Waals surface area (Å²) in [6.45, 7) is 0.280. The zero-order valence-corrected chi connectivity index (χ0v) is 19.6. The van der Waals surface area contributed by atoms with Crippen molar-refractivity contribution in [1.29, 1.82) is 0 Å². The third-order valence-electron chi connectivity index (χ3n) is 5.46. The third-order valence-corrected chi connectivity index (χ3v) is 5.46. The van der Waals surface area contributed by atoms with Crippen molar-refractivity contribution < 1.29 is 32.5 Å². The molecule has 0 fully saturated rings. The molecule has 0 heterocycles.